The van der Waals surface area contributed by atoms with E-state index in [1.54, 1.807) is 45.6 Å². The number of allylic oxidation sites excluding steroid dienone is 3. The molecule has 2 aliphatic carbocycles. The zero-order valence-corrected chi connectivity index (χ0v) is 58.6. The Bertz CT molecular complexity index is 3090. The lowest BCUT2D eigenvalue weighted by atomic mass is 9.75. The normalized spacial score (nSPS) is 33.7. The number of ether oxygens (including phenoxy) is 12. The number of aliphatic hydroxyl groups excluding tert-OH is 4. The van der Waals surface area contributed by atoms with E-state index in [1.165, 1.54) is 69.1 Å². The number of Topliss-reactive ketones (excluding diaryl/α,β-unsaturated/α-hetero) is 2. The largest absolute Gasteiger partial charge is 0.492 e. The van der Waals surface area contributed by atoms with Crippen molar-refractivity contribution >= 4 is 84.6 Å². The third-order valence-corrected chi connectivity index (χ3v) is 22.2. The maximum atomic E-state index is 14.5. The van der Waals surface area contributed by atoms with Gasteiger partial charge in [0.15, 0.2) is 41.8 Å². The second-order valence-corrected chi connectivity index (χ2v) is 28.6. The van der Waals surface area contributed by atoms with Crippen LogP contribution in [0.15, 0.2) is 35.1 Å². The molecule has 4 saturated heterocycles. The van der Waals surface area contributed by atoms with Gasteiger partial charge in [0.25, 0.3) is 0 Å². The number of hydroxylamine groups is 1. The fourth-order valence-corrected chi connectivity index (χ4v) is 16.0. The van der Waals surface area contributed by atoms with Crippen LogP contribution in [0.25, 0.3) is 0 Å². The van der Waals surface area contributed by atoms with Gasteiger partial charge >= 0.3 is 6.09 Å². The summed E-state index contributed by atoms with van der Waals surface area (Å²) >= 11 is 2.79. The van der Waals surface area contributed by atoms with Crippen molar-refractivity contribution in [2.75, 3.05) is 61.0 Å². The van der Waals surface area contributed by atoms with Crippen molar-refractivity contribution in [2.24, 2.45) is 5.73 Å². The first-order chi connectivity index (χ1) is 44.1. The molecular formula is C62H85IN4O23S3. The van der Waals surface area contributed by atoms with Crippen molar-refractivity contribution in [2.45, 2.75) is 201 Å². The van der Waals surface area contributed by atoms with Gasteiger partial charge in [0.05, 0.1) is 104 Å². The number of fused-ring (bicyclic) bond motifs is 2. The number of likely N-dealkylation sites (N-methyl/N-ethyl adjacent to an activating group) is 1. The summed E-state index contributed by atoms with van der Waals surface area (Å²) in [7, 11) is 9.43. The minimum Gasteiger partial charge on any atom is -0.492 e. The Balaban J connectivity index is 1.16. The quantitative estimate of drug-likeness (QED) is 0.0229. The molecule has 0 saturated carbocycles. The number of carbonyl (C=O) groups is 5. The van der Waals surface area contributed by atoms with Gasteiger partial charge in [-0.05, 0) is 95.7 Å². The maximum absolute atomic E-state index is 14.5. The number of ketones is 2. The lowest BCUT2D eigenvalue weighted by Crippen LogP contribution is -2.65. The number of aliphatic hydroxyl groups is 5. The van der Waals surface area contributed by atoms with Gasteiger partial charge in [0.2, 0.25) is 23.1 Å². The molecule has 4 aliphatic heterocycles. The van der Waals surface area contributed by atoms with Crippen LogP contribution < -0.4 is 30.7 Å². The van der Waals surface area contributed by atoms with Crippen LogP contribution in [-0.4, -0.2) is 240 Å². The molecule has 0 aromatic heterocycles. The van der Waals surface area contributed by atoms with Gasteiger partial charge in [0.1, 0.15) is 42.4 Å². The van der Waals surface area contributed by atoms with E-state index in [-0.39, 0.29) is 89.5 Å². The van der Waals surface area contributed by atoms with Crippen LogP contribution >= 0.6 is 55.9 Å². The fourth-order valence-electron chi connectivity index (χ4n) is 11.8. The fraction of sp³-hybridized carbons (Fsp3) is 0.661. The van der Waals surface area contributed by atoms with Crippen molar-refractivity contribution in [3.63, 3.8) is 0 Å². The summed E-state index contributed by atoms with van der Waals surface area (Å²) in [4.78, 5) is 74.7. The summed E-state index contributed by atoms with van der Waals surface area (Å²) in [6.07, 6.45) is -15.3. The van der Waals surface area contributed by atoms with Crippen LogP contribution in [0.5, 0.6) is 17.2 Å². The predicted octanol–water partition coefficient (Wildman–Crippen LogP) is 2.87. The molecule has 9 N–H and O–H groups in total. The highest BCUT2D eigenvalue weighted by Gasteiger charge is 2.52. The summed E-state index contributed by atoms with van der Waals surface area (Å²) in [6.45, 7) is 13.6. The highest BCUT2D eigenvalue weighted by molar-refractivity contribution is 14.1. The van der Waals surface area contributed by atoms with Crippen molar-refractivity contribution in [3.8, 4) is 40.9 Å². The number of alkyl carbamates (subject to hydrolysis) is 1. The molecule has 31 heteroatoms. The smallest absolute Gasteiger partial charge is 0.411 e. The molecular weight excluding hydrogens is 1390 g/mol. The summed E-state index contributed by atoms with van der Waals surface area (Å²) < 4.78 is 72.4. The number of rotatable bonds is 25. The third-order valence-electron chi connectivity index (χ3n) is 16.3. The molecule has 19 atom stereocenters. The molecule has 4 heterocycles. The molecule has 4 fully saturated rings. The number of nitrogens with one attached hydrogen (secondary N) is 2. The average molecular weight is 1480 g/mol. The van der Waals surface area contributed by atoms with Gasteiger partial charge < -0.3 is 93.0 Å². The Morgan fingerprint density at radius 3 is 2.23 bits per heavy atom. The molecule has 27 nitrogen and oxygen atoms in total. The van der Waals surface area contributed by atoms with Crippen LogP contribution in [0.4, 0.5) is 4.79 Å². The second-order valence-electron chi connectivity index (χ2n) is 23.3. The van der Waals surface area contributed by atoms with Crippen LogP contribution in [0.2, 0.25) is 0 Å². The Labute approximate surface area is 566 Å². The van der Waals surface area contributed by atoms with E-state index >= 15 is 0 Å². The molecule has 1 aromatic rings. The SMILES string of the molecule is CCN(C(=O)CN)C1COC(OC2C(O[C@H]3C#C/C=C\C#C[C@]4(O)CC(=O)C(NC(=O)OC)=C3/C4=C\CSSC(C)(C)CC(C)=O)OC(C)C(NOC3CC(O)C(SC(=O)c4c(C)c(I)c(OC5OC(C)C(O)C(OC)C5O)c(OC)c4OC)C(C)O3)C2O)CC1OC. The summed E-state index contributed by atoms with van der Waals surface area (Å²) in [5.74, 6) is 10.7. The third kappa shape index (κ3) is 18.0. The van der Waals surface area contributed by atoms with Crippen LogP contribution in [0.3, 0.4) is 0 Å². The van der Waals surface area contributed by atoms with E-state index < -0.39 is 143 Å². The number of hydrogen-bond acceptors (Lipinski definition) is 28. The van der Waals surface area contributed by atoms with Gasteiger partial charge in [-0.2, -0.15) is 5.48 Å². The van der Waals surface area contributed by atoms with E-state index in [4.69, 9.17) is 67.4 Å². The van der Waals surface area contributed by atoms with Crippen LogP contribution in [0, 0.1) is 34.2 Å². The van der Waals surface area contributed by atoms with Crippen LogP contribution in [0.1, 0.15) is 90.1 Å². The zero-order valence-electron chi connectivity index (χ0n) is 54.0. The molecule has 2 amide bonds. The van der Waals surface area contributed by atoms with Gasteiger partial charge in [-0.15, -0.1) is 0 Å². The molecule has 17 unspecified atom stereocenters. The molecule has 0 radical (unpaired) electrons. The van der Waals surface area contributed by atoms with Crippen molar-refractivity contribution in [1.82, 2.24) is 15.7 Å². The van der Waals surface area contributed by atoms with E-state index in [0.29, 0.717) is 15.7 Å². The van der Waals surface area contributed by atoms with E-state index in [2.05, 4.69) is 34.5 Å². The summed E-state index contributed by atoms with van der Waals surface area (Å²) in [6, 6.07) is -1.76. The Morgan fingerprint density at radius 2 is 1.59 bits per heavy atom. The number of benzene rings is 1. The first-order valence-corrected chi connectivity index (χ1v) is 34.3. The van der Waals surface area contributed by atoms with Crippen LogP contribution in [-0.2, 0) is 61.9 Å². The molecule has 7 rings (SSSR count). The first kappa shape index (κ1) is 76.2. The van der Waals surface area contributed by atoms with E-state index in [1.807, 2.05) is 36.4 Å². The van der Waals surface area contributed by atoms with Crippen molar-refractivity contribution in [3.05, 3.63) is 49.8 Å². The molecule has 516 valence electrons. The number of hydrogen-bond donors (Lipinski definition) is 8. The number of halogens is 1. The van der Waals surface area contributed by atoms with Gasteiger partial charge in [-0.3, -0.25) is 29.3 Å². The van der Waals surface area contributed by atoms with E-state index in [9.17, 15) is 49.5 Å². The Morgan fingerprint density at radius 1 is 0.892 bits per heavy atom. The number of nitrogens with two attached hydrogens (primary N) is 1. The van der Waals surface area contributed by atoms with Gasteiger partial charge in [-0.1, -0.05) is 63.1 Å². The highest BCUT2D eigenvalue weighted by Crippen LogP contribution is 2.49. The maximum Gasteiger partial charge on any atom is 0.411 e. The molecule has 0 spiro atoms. The predicted molar refractivity (Wildman–Crippen MR) is 348 cm³/mol. The number of nitrogens with zero attached hydrogens (tertiary/aromatic N) is 1. The lowest BCUT2D eigenvalue weighted by molar-refractivity contribution is -0.337. The topological polar surface area (TPSA) is 360 Å². The first-order valence-electron chi connectivity index (χ1n) is 30.0. The summed E-state index contributed by atoms with van der Waals surface area (Å²) in [5, 5.41) is 59.8. The Hall–Kier alpha value is -4.15. The molecule has 93 heavy (non-hydrogen) atoms. The van der Waals surface area contributed by atoms with Gasteiger partial charge in [-0.25, -0.2) is 4.79 Å². The van der Waals surface area contributed by atoms with Crippen molar-refractivity contribution < 1.29 is 111 Å². The molecule has 1 aromatic carbocycles. The average Bonchev–Trinajstić information content (AvgIpc) is 0.770. The number of methoxy groups -OCH3 is 5. The van der Waals surface area contributed by atoms with Crippen molar-refractivity contribution in [1.29, 1.82) is 0 Å². The number of carbonyl (C=O) groups excluding carboxylic acids is 5. The van der Waals surface area contributed by atoms with E-state index in [0.717, 1.165) is 18.9 Å². The Kier molecular flexibility index (Phi) is 27.8. The van der Waals surface area contributed by atoms with Gasteiger partial charge in [0, 0.05) is 61.7 Å². The highest BCUT2D eigenvalue weighted by atomic mass is 127. The zero-order chi connectivity index (χ0) is 68.4. The minimum atomic E-state index is -2.16. The minimum absolute atomic E-state index is 0.00161. The number of thioether (sulfide) groups is 1. The second kappa shape index (κ2) is 33.9. The number of amides is 2. The monoisotopic (exact) mass is 1480 g/mol. The lowest BCUT2D eigenvalue weighted by Gasteiger charge is -2.47. The summed E-state index contributed by atoms with van der Waals surface area (Å²) in [5.41, 5.74) is 6.65. The standard InChI is InChI=1S/C62H85IN4O23S3/c1-14-67(40(71)27-64)35-28-83-41(24-39(35)78-9)88-54-49(73)46(31(4)85-59(54)87-38-19-17-15-16-18-21-62(77)26-37(70)47(65-60(76)82-13)44(38)34(62)20-22-91-93-61(7,8)25-29(2)68)66-90-42-23-36(69)56(33(6)84-42)92-57(75)43-30(3)45(63)52(55(81-12)51(43)79-10)89-58-50(74)53(80-11)48(72)32(5)86-58/h15-16,20,31-33,35-36,38-39,41-42,46,48-50,53-54,56,58-59,66,69,72-74,77H,14,22-28,64H2,1-13H3,(H,65,76)/b16-15-,34-20+/t31?,32?,33?,35?,36?,38-,39?,41?,42?,46?,48?,49?,50?,53?,54?,56?,58?,59?,62-/m0/s1. The molecule has 6 aliphatic rings. The molecule has 2 bridgehead atoms.